The Bertz CT molecular complexity index is 794. The molecule has 21 heavy (non-hydrogen) atoms. The van der Waals surface area contributed by atoms with E-state index in [9.17, 15) is 13.6 Å². The van der Waals surface area contributed by atoms with Gasteiger partial charge in [-0.3, -0.25) is 10.1 Å². The summed E-state index contributed by atoms with van der Waals surface area (Å²) in [6.45, 7) is 0. The summed E-state index contributed by atoms with van der Waals surface area (Å²) in [5, 5.41) is 2.72. The first-order valence-corrected chi connectivity index (χ1v) is 7.47. The molecule has 3 aromatic rings. The summed E-state index contributed by atoms with van der Waals surface area (Å²) >= 11 is 4.20. The van der Waals surface area contributed by atoms with E-state index in [1.54, 1.807) is 6.07 Å². The van der Waals surface area contributed by atoms with Gasteiger partial charge in [-0.15, -0.1) is 0 Å². The van der Waals surface area contributed by atoms with Crippen molar-refractivity contribution in [3.05, 3.63) is 58.1 Å². The average Bonchev–Trinajstić information content (AvgIpc) is 2.79. The highest BCUT2D eigenvalue weighted by Crippen LogP contribution is 2.26. The second kappa shape index (κ2) is 5.50. The van der Waals surface area contributed by atoms with Gasteiger partial charge in [0.15, 0.2) is 5.13 Å². The normalized spacial score (nSPS) is 10.8. The highest BCUT2D eigenvalue weighted by molar-refractivity contribution is 9.10. The zero-order chi connectivity index (χ0) is 15.0. The lowest BCUT2D eigenvalue weighted by Crippen LogP contribution is -2.15. The van der Waals surface area contributed by atoms with E-state index in [1.807, 2.05) is 18.2 Å². The van der Waals surface area contributed by atoms with Crippen LogP contribution in [0.4, 0.5) is 13.9 Å². The molecule has 0 aliphatic rings. The lowest BCUT2D eigenvalue weighted by Gasteiger charge is -2.05. The fourth-order valence-electron chi connectivity index (χ4n) is 1.84. The molecule has 1 amide bonds. The largest absolute Gasteiger partial charge is 0.298 e. The van der Waals surface area contributed by atoms with Crippen LogP contribution >= 0.6 is 27.3 Å². The highest BCUT2D eigenvalue weighted by Gasteiger charge is 2.19. The average molecular weight is 369 g/mol. The van der Waals surface area contributed by atoms with E-state index < -0.39 is 23.1 Å². The maximum absolute atomic E-state index is 13.7. The zero-order valence-electron chi connectivity index (χ0n) is 10.4. The van der Waals surface area contributed by atoms with Crippen LogP contribution in [0, 0.1) is 11.6 Å². The quantitative estimate of drug-likeness (QED) is 0.718. The van der Waals surface area contributed by atoms with Crippen molar-refractivity contribution in [2.24, 2.45) is 0 Å². The van der Waals surface area contributed by atoms with Crippen molar-refractivity contribution in [1.29, 1.82) is 0 Å². The number of rotatable bonds is 2. The van der Waals surface area contributed by atoms with Gasteiger partial charge in [0.2, 0.25) is 0 Å². The molecular formula is C14H7BrF2N2OS. The third kappa shape index (κ3) is 2.79. The van der Waals surface area contributed by atoms with Crippen LogP contribution in [0.25, 0.3) is 10.2 Å². The molecule has 106 valence electrons. The summed E-state index contributed by atoms with van der Waals surface area (Å²) in [6, 6.07) is 9.39. The van der Waals surface area contributed by atoms with Crippen molar-refractivity contribution in [2.75, 3.05) is 5.32 Å². The monoisotopic (exact) mass is 368 g/mol. The third-order valence-electron chi connectivity index (χ3n) is 2.75. The second-order valence-electron chi connectivity index (χ2n) is 4.19. The third-order valence-corrected chi connectivity index (χ3v) is 4.16. The smallest absolute Gasteiger partial charge is 0.263 e. The number of thiazole rings is 1. The van der Waals surface area contributed by atoms with Crippen LogP contribution in [-0.2, 0) is 0 Å². The predicted octanol–water partition coefficient (Wildman–Crippen LogP) is 4.59. The fraction of sp³-hybridized carbons (Fsp3) is 0. The van der Waals surface area contributed by atoms with Crippen molar-refractivity contribution < 1.29 is 13.6 Å². The first-order valence-electron chi connectivity index (χ1n) is 5.86. The van der Waals surface area contributed by atoms with Crippen molar-refractivity contribution in [1.82, 2.24) is 4.98 Å². The Morgan fingerprint density at radius 3 is 2.52 bits per heavy atom. The van der Waals surface area contributed by atoms with E-state index in [-0.39, 0.29) is 4.47 Å². The topological polar surface area (TPSA) is 42.0 Å². The molecule has 0 spiro atoms. The lowest BCUT2D eigenvalue weighted by molar-refractivity contribution is 0.101. The lowest BCUT2D eigenvalue weighted by atomic mass is 10.2. The molecule has 0 bridgehead atoms. The highest BCUT2D eigenvalue weighted by atomic mass is 79.9. The number of benzene rings is 2. The summed E-state index contributed by atoms with van der Waals surface area (Å²) in [7, 11) is 0. The van der Waals surface area contributed by atoms with Gasteiger partial charge in [-0.2, -0.15) is 0 Å². The second-order valence-corrected chi connectivity index (χ2v) is 6.13. The standard InChI is InChI=1S/C14H7BrF2N2OS/c15-7-5-8(16)12(9(17)6-7)13(20)19-14-18-10-3-1-2-4-11(10)21-14/h1-6H,(H,18,19,20). The van der Waals surface area contributed by atoms with Crippen molar-refractivity contribution >= 4 is 48.5 Å². The number of nitrogens with one attached hydrogen (secondary N) is 1. The summed E-state index contributed by atoms with van der Waals surface area (Å²) < 4.78 is 28.6. The molecule has 0 saturated heterocycles. The van der Waals surface area contributed by atoms with Crippen molar-refractivity contribution in [2.45, 2.75) is 0 Å². The minimum Gasteiger partial charge on any atom is -0.298 e. The number of carbonyl (C=O) groups excluding carboxylic acids is 1. The van der Waals surface area contributed by atoms with E-state index >= 15 is 0 Å². The molecule has 0 fully saturated rings. The van der Waals surface area contributed by atoms with Crippen LogP contribution in [0.3, 0.4) is 0 Å². The maximum atomic E-state index is 13.7. The van der Waals surface area contributed by atoms with Crippen LogP contribution in [0.15, 0.2) is 40.9 Å². The molecule has 0 radical (unpaired) electrons. The Morgan fingerprint density at radius 1 is 1.19 bits per heavy atom. The van der Waals surface area contributed by atoms with Gasteiger partial charge < -0.3 is 0 Å². The molecule has 1 N–H and O–H groups in total. The van der Waals surface area contributed by atoms with Crippen LogP contribution in [0.1, 0.15) is 10.4 Å². The molecule has 0 aliphatic heterocycles. The number of hydrogen-bond donors (Lipinski definition) is 1. The van der Waals surface area contributed by atoms with Gasteiger partial charge in [0.05, 0.1) is 10.2 Å². The van der Waals surface area contributed by atoms with Gasteiger partial charge >= 0.3 is 0 Å². The number of hydrogen-bond acceptors (Lipinski definition) is 3. The number of carbonyl (C=O) groups is 1. The molecule has 1 heterocycles. The molecule has 7 heteroatoms. The van der Waals surface area contributed by atoms with E-state index in [4.69, 9.17) is 0 Å². The molecule has 0 atom stereocenters. The maximum Gasteiger partial charge on any atom is 0.263 e. The number of aromatic nitrogens is 1. The summed E-state index contributed by atoms with van der Waals surface area (Å²) in [4.78, 5) is 16.2. The Hall–Kier alpha value is -1.86. The van der Waals surface area contributed by atoms with Gasteiger partial charge in [-0.25, -0.2) is 13.8 Å². The summed E-state index contributed by atoms with van der Waals surface area (Å²) in [5.41, 5.74) is 0.0898. The van der Waals surface area contributed by atoms with Gasteiger partial charge in [0, 0.05) is 4.47 Å². The number of anilines is 1. The Balaban J connectivity index is 1.93. The molecule has 3 nitrogen and oxygen atoms in total. The van der Waals surface area contributed by atoms with Gasteiger partial charge in [-0.05, 0) is 24.3 Å². The van der Waals surface area contributed by atoms with Crippen molar-refractivity contribution in [3.8, 4) is 0 Å². The van der Waals surface area contributed by atoms with Crippen LogP contribution in [0.5, 0.6) is 0 Å². The first kappa shape index (κ1) is 14.1. The number of nitrogens with zero attached hydrogens (tertiary/aromatic N) is 1. The van der Waals surface area contributed by atoms with Gasteiger partial charge in [-0.1, -0.05) is 39.4 Å². The van der Waals surface area contributed by atoms with E-state index in [1.165, 1.54) is 11.3 Å². The van der Waals surface area contributed by atoms with Crippen LogP contribution in [0.2, 0.25) is 0 Å². The van der Waals surface area contributed by atoms with Gasteiger partial charge in [0.25, 0.3) is 5.91 Å². The molecular weight excluding hydrogens is 362 g/mol. The first-order chi connectivity index (χ1) is 10.0. The molecule has 0 saturated carbocycles. The SMILES string of the molecule is O=C(Nc1nc2ccccc2s1)c1c(F)cc(Br)cc1F. The fourth-order valence-corrected chi connectivity index (χ4v) is 3.11. The minimum absolute atomic E-state index is 0.231. The van der Waals surface area contributed by atoms with E-state index in [0.29, 0.717) is 5.13 Å². The molecule has 1 aromatic heterocycles. The number of fused-ring (bicyclic) bond motifs is 1. The number of para-hydroxylation sites is 1. The zero-order valence-corrected chi connectivity index (χ0v) is 12.8. The Morgan fingerprint density at radius 2 is 1.86 bits per heavy atom. The van der Waals surface area contributed by atoms with Crippen LogP contribution in [-0.4, -0.2) is 10.9 Å². The van der Waals surface area contributed by atoms with Gasteiger partial charge in [0.1, 0.15) is 17.2 Å². The molecule has 0 unspecified atom stereocenters. The predicted molar refractivity (Wildman–Crippen MR) is 81.6 cm³/mol. The number of halogens is 3. The molecule has 3 rings (SSSR count). The van der Waals surface area contributed by atoms with Crippen molar-refractivity contribution in [3.63, 3.8) is 0 Å². The number of amides is 1. The molecule has 0 aliphatic carbocycles. The summed E-state index contributed by atoms with van der Waals surface area (Å²) in [5.74, 6) is -2.72. The van der Waals surface area contributed by atoms with E-state index in [2.05, 4.69) is 26.2 Å². The van der Waals surface area contributed by atoms with Crippen LogP contribution < -0.4 is 5.32 Å². The van der Waals surface area contributed by atoms with E-state index in [0.717, 1.165) is 22.3 Å². The molecule has 2 aromatic carbocycles. The Kier molecular flexibility index (Phi) is 3.69. The summed E-state index contributed by atoms with van der Waals surface area (Å²) in [6.07, 6.45) is 0. The minimum atomic E-state index is -0.930. The Labute approximate surface area is 130 Å².